The summed E-state index contributed by atoms with van der Waals surface area (Å²) in [6.45, 7) is 2.58. The lowest BCUT2D eigenvalue weighted by atomic mass is 10.2. The van der Waals surface area contributed by atoms with Gasteiger partial charge in [-0.15, -0.1) is 0 Å². The van der Waals surface area contributed by atoms with E-state index in [1.807, 2.05) is 13.0 Å². The summed E-state index contributed by atoms with van der Waals surface area (Å²) in [5, 5.41) is 5.73. The van der Waals surface area contributed by atoms with Gasteiger partial charge >= 0.3 is 0 Å². The Morgan fingerprint density at radius 2 is 1.72 bits per heavy atom. The van der Waals surface area contributed by atoms with Crippen LogP contribution in [-0.4, -0.2) is 18.7 Å². The van der Waals surface area contributed by atoms with Crippen LogP contribution in [-0.2, 0) is 6.61 Å². The predicted octanol–water partition coefficient (Wildman–Crippen LogP) is 7.04. The van der Waals surface area contributed by atoms with Gasteiger partial charge in [0, 0.05) is 21.2 Å². The van der Waals surface area contributed by atoms with Crippen LogP contribution >= 0.6 is 46.4 Å². The van der Waals surface area contributed by atoms with Crippen LogP contribution in [0.4, 0.5) is 0 Å². The summed E-state index contributed by atoms with van der Waals surface area (Å²) in [6.07, 6.45) is 1.50. The molecule has 0 bridgehead atoms. The Morgan fingerprint density at radius 3 is 2.44 bits per heavy atom. The number of hydrazone groups is 1. The van der Waals surface area contributed by atoms with E-state index in [2.05, 4.69) is 10.5 Å². The van der Waals surface area contributed by atoms with Crippen molar-refractivity contribution >= 4 is 58.5 Å². The minimum atomic E-state index is -0.412. The number of hydrogen-bond acceptors (Lipinski definition) is 4. The van der Waals surface area contributed by atoms with Crippen molar-refractivity contribution in [3.8, 4) is 11.5 Å². The zero-order chi connectivity index (χ0) is 23.1. The zero-order valence-corrected chi connectivity index (χ0v) is 19.9. The van der Waals surface area contributed by atoms with E-state index in [0.717, 1.165) is 5.56 Å². The van der Waals surface area contributed by atoms with Crippen LogP contribution in [0.1, 0.15) is 28.4 Å². The number of rotatable bonds is 8. The molecule has 0 aromatic heterocycles. The second-order valence-corrected chi connectivity index (χ2v) is 8.15. The van der Waals surface area contributed by atoms with Crippen LogP contribution in [0.15, 0.2) is 59.7 Å². The van der Waals surface area contributed by atoms with Gasteiger partial charge in [0.2, 0.25) is 0 Å². The third-order valence-electron chi connectivity index (χ3n) is 4.23. The Bertz CT molecular complexity index is 1150. The number of halogens is 4. The van der Waals surface area contributed by atoms with E-state index in [4.69, 9.17) is 55.9 Å². The van der Waals surface area contributed by atoms with Crippen molar-refractivity contribution in [3.05, 3.63) is 91.4 Å². The minimum Gasteiger partial charge on any atom is -0.490 e. The second kappa shape index (κ2) is 11.4. The average Bonchev–Trinajstić information content (AvgIpc) is 2.76. The smallest absolute Gasteiger partial charge is 0.271 e. The third-order valence-corrected chi connectivity index (χ3v) is 5.55. The van der Waals surface area contributed by atoms with E-state index < -0.39 is 5.91 Å². The quantitative estimate of drug-likeness (QED) is 0.260. The minimum absolute atomic E-state index is 0.253. The van der Waals surface area contributed by atoms with E-state index in [1.54, 1.807) is 42.5 Å². The van der Waals surface area contributed by atoms with Crippen molar-refractivity contribution in [3.63, 3.8) is 0 Å². The van der Waals surface area contributed by atoms with E-state index in [1.165, 1.54) is 12.3 Å². The van der Waals surface area contributed by atoms with Gasteiger partial charge in [0.25, 0.3) is 5.91 Å². The molecule has 0 unspecified atom stereocenters. The molecular formula is C23H18Cl4N2O3. The fourth-order valence-corrected chi connectivity index (χ4v) is 3.42. The maximum atomic E-state index is 12.2. The lowest BCUT2D eigenvalue weighted by Crippen LogP contribution is -2.17. The summed E-state index contributed by atoms with van der Waals surface area (Å²) in [4.78, 5) is 12.2. The molecule has 0 aliphatic carbocycles. The molecule has 166 valence electrons. The van der Waals surface area contributed by atoms with Crippen molar-refractivity contribution in [1.29, 1.82) is 0 Å². The number of carbonyl (C=O) groups excluding carboxylic acids is 1. The summed E-state index contributed by atoms with van der Waals surface area (Å²) in [7, 11) is 0. The molecular weight excluding hydrogens is 494 g/mol. The first-order valence-electron chi connectivity index (χ1n) is 9.49. The van der Waals surface area contributed by atoms with Gasteiger partial charge in [-0.05, 0) is 61.0 Å². The first-order chi connectivity index (χ1) is 15.4. The molecule has 0 aliphatic heterocycles. The highest BCUT2D eigenvalue weighted by Crippen LogP contribution is 2.30. The molecule has 9 heteroatoms. The summed E-state index contributed by atoms with van der Waals surface area (Å²) in [6, 6.07) is 15.1. The van der Waals surface area contributed by atoms with E-state index >= 15 is 0 Å². The Labute approximate surface area is 205 Å². The average molecular weight is 512 g/mol. The van der Waals surface area contributed by atoms with Crippen LogP contribution in [0.2, 0.25) is 20.1 Å². The molecule has 1 N–H and O–H groups in total. The monoisotopic (exact) mass is 510 g/mol. The van der Waals surface area contributed by atoms with Crippen molar-refractivity contribution in [2.45, 2.75) is 13.5 Å². The molecule has 0 fully saturated rings. The number of nitrogens with zero attached hydrogens (tertiary/aromatic N) is 1. The number of amides is 1. The number of carbonyl (C=O) groups is 1. The molecule has 5 nitrogen and oxygen atoms in total. The van der Waals surface area contributed by atoms with E-state index in [9.17, 15) is 4.79 Å². The highest BCUT2D eigenvalue weighted by molar-refractivity contribution is 6.42. The molecule has 0 heterocycles. The maximum absolute atomic E-state index is 12.2. The second-order valence-electron chi connectivity index (χ2n) is 6.49. The first-order valence-corrected chi connectivity index (χ1v) is 11.0. The SMILES string of the molecule is CCOc1cc(/C=N\NC(=O)c2ccc(Cl)c(Cl)c2)ccc1OCc1ccc(Cl)cc1Cl. The molecule has 0 saturated carbocycles. The summed E-state index contributed by atoms with van der Waals surface area (Å²) < 4.78 is 11.6. The van der Waals surface area contributed by atoms with Crippen molar-refractivity contribution < 1.29 is 14.3 Å². The van der Waals surface area contributed by atoms with Gasteiger partial charge < -0.3 is 9.47 Å². The number of hydrogen-bond donors (Lipinski definition) is 1. The fourth-order valence-electron chi connectivity index (χ4n) is 2.65. The molecule has 1 amide bonds. The van der Waals surface area contributed by atoms with E-state index in [-0.39, 0.29) is 6.61 Å². The number of ether oxygens (including phenoxy) is 2. The standard InChI is InChI=1S/C23H18Cl4N2O3/c1-2-31-22-9-14(12-28-29-23(30)15-5-7-18(25)20(27)10-15)3-8-21(22)32-13-16-4-6-17(24)11-19(16)26/h3-12H,2,13H2,1H3,(H,29,30)/b28-12-. The summed E-state index contributed by atoms with van der Waals surface area (Å²) in [5.41, 5.74) is 4.30. The Hall–Kier alpha value is -2.44. The van der Waals surface area contributed by atoms with Crippen LogP contribution in [0.3, 0.4) is 0 Å². The van der Waals surface area contributed by atoms with Gasteiger partial charge in [0.05, 0.1) is 22.9 Å². The molecule has 3 aromatic carbocycles. The van der Waals surface area contributed by atoms with Gasteiger partial charge in [-0.25, -0.2) is 5.43 Å². The Morgan fingerprint density at radius 1 is 0.906 bits per heavy atom. The van der Waals surface area contributed by atoms with Gasteiger partial charge in [0.15, 0.2) is 11.5 Å². The Balaban J connectivity index is 1.67. The van der Waals surface area contributed by atoms with Crippen LogP contribution < -0.4 is 14.9 Å². The van der Waals surface area contributed by atoms with Gasteiger partial charge in [-0.3, -0.25) is 4.79 Å². The van der Waals surface area contributed by atoms with Crippen LogP contribution in [0, 0.1) is 0 Å². The molecule has 0 atom stereocenters. The third kappa shape index (κ3) is 6.53. The van der Waals surface area contributed by atoms with Crippen molar-refractivity contribution in [2.24, 2.45) is 5.10 Å². The van der Waals surface area contributed by atoms with Crippen LogP contribution in [0.5, 0.6) is 11.5 Å². The molecule has 0 spiro atoms. The highest BCUT2D eigenvalue weighted by Gasteiger charge is 2.09. The van der Waals surface area contributed by atoms with Crippen molar-refractivity contribution in [2.75, 3.05) is 6.61 Å². The lowest BCUT2D eigenvalue weighted by molar-refractivity contribution is 0.0955. The molecule has 3 rings (SSSR count). The maximum Gasteiger partial charge on any atom is 0.271 e. The number of nitrogens with one attached hydrogen (secondary N) is 1. The lowest BCUT2D eigenvalue weighted by Gasteiger charge is -2.13. The first kappa shape index (κ1) is 24.2. The molecule has 0 saturated heterocycles. The zero-order valence-electron chi connectivity index (χ0n) is 16.9. The molecule has 32 heavy (non-hydrogen) atoms. The van der Waals surface area contributed by atoms with Gasteiger partial charge in [-0.1, -0.05) is 52.5 Å². The van der Waals surface area contributed by atoms with Gasteiger partial charge in [0.1, 0.15) is 6.61 Å². The molecule has 0 aliphatic rings. The molecule has 3 aromatic rings. The Kier molecular flexibility index (Phi) is 8.65. The van der Waals surface area contributed by atoms with E-state index in [0.29, 0.717) is 49.3 Å². The van der Waals surface area contributed by atoms with Crippen molar-refractivity contribution in [1.82, 2.24) is 5.43 Å². The van der Waals surface area contributed by atoms with Gasteiger partial charge in [-0.2, -0.15) is 5.10 Å². The summed E-state index contributed by atoms with van der Waals surface area (Å²) >= 11 is 23.9. The normalized spacial score (nSPS) is 10.9. The van der Waals surface area contributed by atoms with Crippen LogP contribution in [0.25, 0.3) is 0 Å². The number of benzene rings is 3. The largest absolute Gasteiger partial charge is 0.490 e. The predicted molar refractivity (Wildman–Crippen MR) is 130 cm³/mol. The highest BCUT2D eigenvalue weighted by atomic mass is 35.5. The topological polar surface area (TPSA) is 59.9 Å². The molecule has 0 radical (unpaired) electrons. The fraction of sp³-hybridized carbons (Fsp3) is 0.130. The summed E-state index contributed by atoms with van der Waals surface area (Å²) in [5.74, 6) is 0.678.